The van der Waals surface area contributed by atoms with Gasteiger partial charge < -0.3 is 4.52 Å². The number of benzene rings is 1. The molecule has 0 saturated carbocycles. The van der Waals surface area contributed by atoms with Crippen molar-refractivity contribution >= 4 is 15.9 Å². The predicted molar refractivity (Wildman–Crippen MR) is 61.5 cm³/mol. The van der Waals surface area contributed by atoms with Crippen molar-refractivity contribution in [3.63, 3.8) is 0 Å². The maximum absolute atomic E-state index is 5.15. The summed E-state index contributed by atoms with van der Waals surface area (Å²) in [5.41, 5.74) is 0.952. The molecule has 2 aromatic rings. The van der Waals surface area contributed by atoms with E-state index in [-0.39, 0.29) is 5.92 Å². The van der Waals surface area contributed by atoms with Crippen LogP contribution in [0.5, 0.6) is 0 Å². The van der Waals surface area contributed by atoms with Crippen LogP contribution in [0.15, 0.2) is 33.3 Å². The van der Waals surface area contributed by atoms with Crippen LogP contribution in [0.1, 0.15) is 25.7 Å². The van der Waals surface area contributed by atoms with Crippen molar-refractivity contribution in [2.45, 2.75) is 19.8 Å². The Morgan fingerprint density at radius 3 is 2.60 bits per heavy atom. The molecule has 3 nitrogen and oxygen atoms in total. The van der Waals surface area contributed by atoms with Crippen LogP contribution in [0.4, 0.5) is 0 Å². The Kier molecular flexibility index (Phi) is 2.86. The zero-order valence-corrected chi connectivity index (χ0v) is 10.2. The van der Waals surface area contributed by atoms with E-state index in [9.17, 15) is 0 Å². The minimum atomic E-state index is 0.258. The van der Waals surface area contributed by atoms with Gasteiger partial charge in [0.25, 0.3) is 0 Å². The smallest absolute Gasteiger partial charge is 0.229 e. The Balaban J connectivity index is 2.42. The first kappa shape index (κ1) is 10.4. The van der Waals surface area contributed by atoms with Gasteiger partial charge >= 0.3 is 0 Å². The average Bonchev–Trinajstić information content (AvgIpc) is 2.67. The van der Waals surface area contributed by atoms with Gasteiger partial charge in [0, 0.05) is 16.0 Å². The van der Waals surface area contributed by atoms with Gasteiger partial charge in [-0.15, -0.1) is 0 Å². The molecule has 1 aromatic carbocycles. The minimum absolute atomic E-state index is 0.258. The quantitative estimate of drug-likeness (QED) is 0.834. The number of rotatable bonds is 2. The first-order valence-electron chi connectivity index (χ1n) is 4.77. The third-order valence-corrected chi connectivity index (χ3v) is 2.74. The fourth-order valence-corrected chi connectivity index (χ4v) is 1.68. The summed E-state index contributed by atoms with van der Waals surface area (Å²) in [5, 5.41) is 3.95. The zero-order valence-electron chi connectivity index (χ0n) is 8.57. The van der Waals surface area contributed by atoms with Crippen molar-refractivity contribution in [3.05, 3.63) is 34.6 Å². The van der Waals surface area contributed by atoms with E-state index in [0.29, 0.717) is 11.7 Å². The monoisotopic (exact) mass is 266 g/mol. The lowest BCUT2D eigenvalue weighted by Crippen LogP contribution is -1.87. The fourth-order valence-electron chi connectivity index (χ4n) is 1.22. The van der Waals surface area contributed by atoms with Crippen LogP contribution in [0.3, 0.4) is 0 Å². The Morgan fingerprint density at radius 2 is 2.00 bits per heavy atom. The van der Waals surface area contributed by atoms with Crippen molar-refractivity contribution in [2.24, 2.45) is 0 Å². The molecule has 4 heteroatoms. The summed E-state index contributed by atoms with van der Waals surface area (Å²) in [6, 6.07) is 7.82. The molecule has 0 saturated heterocycles. The van der Waals surface area contributed by atoms with Gasteiger partial charge in [0.2, 0.25) is 11.7 Å². The first-order chi connectivity index (χ1) is 7.18. The highest BCUT2D eigenvalue weighted by Gasteiger charge is 2.12. The van der Waals surface area contributed by atoms with Gasteiger partial charge in [-0.1, -0.05) is 47.1 Å². The SMILES string of the molecule is CC(C)c1nc(-c2ccccc2Br)no1. The van der Waals surface area contributed by atoms with Crippen LogP contribution >= 0.6 is 15.9 Å². The molecule has 0 atom stereocenters. The van der Waals surface area contributed by atoms with E-state index in [1.54, 1.807) is 0 Å². The number of halogens is 1. The van der Waals surface area contributed by atoms with Crippen LogP contribution in [0.25, 0.3) is 11.4 Å². The van der Waals surface area contributed by atoms with Crippen molar-refractivity contribution in [1.29, 1.82) is 0 Å². The highest BCUT2D eigenvalue weighted by atomic mass is 79.9. The van der Waals surface area contributed by atoms with Gasteiger partial charge in [-0.05, 0) is 12.1 Å². The molecule has 1 heterocycles. The van der Waals surface area contributed by atoms with E-state index in [0.717, 1.165) is 10.0 Å². The number of hydrogen-bond donors (Lipinski definition) is 0. The average molecular weight is 267 g/mol. The molecule has 2 rings (SSSR count). The predicted octanol–water partition coefficient (Wildman–Crippen LogP) is 3.62. The van der Waals surface area contributed by atoms with Gasteiger partial charge in [0.1, 0.15) is 0 Å². The van der Waals surface area contributed by atoms with Crippen LogP contribution in [0.2, 0.25) is 0 Å². The molecular weight excluding hydrogens is 256 g/mol. The molecule has 0 spiro atoms. The molecule has 1 aromatic heterocycles. The van der Waals surface area contributed by atoms with E-state index in [4.69, 9.17) is 4.52 Å². The third kappa shape index (κ3) is 2.09. The third-order valence-electron chi connectivity index (χ3n) is 2.05. The number of nitrogens with zero attached hydrogens (tertiary/aromatic N) is 2. The lowest BCUT2D eigenvalue weighted by Gasteiger charge is -1.96. The second kappa shape index (κ2) is 4.14. The highest BCUT2D eigenvalue weighted by Crippen LogP contribution is 2.26. The van der Waals surface area contributed by atoms with Gasteiger partial charge in [0.05, 0.1) is 0 Å². The lowest BCUT2D eigenvalue weighted by molar-refractivity contribution is 0.365. The van der Waals surface area contributed by atoms with E-state index in [2.05, 4.69) is 26.1 Å². The molecule has 0 amide bonds. The molecule has 0 N–H and O–H groups in total. The topological polar surface area (TPSA) is 38.9 Å². The van der Waals surface area contributed by atoms with Crippen LogP contribution in [-0.2, 0) is 0 Å². The van der Waals surface area contributed by atoms with Crippen LogP contribution in [0, 0.1) is 0 Å². The molecule has 0 bridgehead atoms. The largest absolute Gasteiger partial charge is 0.339 e. The van der Waals surface area contributed by atoms with E-state index in [1.165, 1.54) is 0 Å². The van der Waals surface area contributed by atoms with Crippen molar-refractivity contribution < 1.29 is 4.52 Å². The summed E-state index contributed by atoms with van der Waals surface area (Å²) in [6.45, 7) is 4.05. The first-order valence-corrected chi connectivity index (χ1v) is 5.56. The fraction of sp³-hybridized carbons (Fsp3) is 0.273. The summed E-state index contributed by atoms with van der Waals surface area (Å²) in [7, 11) is 0. The van der Waals surface area contributed by atoms with Crippen LogP contribution < -0.4 is 0 Å². The van der Waals surface area contributed by atoms with E-state index < -0.39 is 0 Å². The minimum Gasteiger partial charge on any atom is -0.339 e. The second-order valence-electron chi connectivity index (χ2n) is 3.59. The number of aromatic nitrogens is 2. The molecule has 0 unspecified atom stereocenters. The lowest BCUT2D eigenvalue weighted by atomic mass is 10.2. The molecule has 0 fully saturated rings. The van der Waals surface area contributed by atoms with E-state index in [1.807, 2.05) is 38.1 Å². The van der Waals surface area contributed by atoms with Crippen molar-refractivity contribution in [2.75, 3.05) is 0 Å². The highest BCUT2D eigenvalue weighted by molar-refractivity contribution is 9.10. The molecule has 0 aliphatic heterocycles. The van der Waals surface area contributed by atoms with Crippen molar-refractivity contribution in [1.82, 2.24) is 10.1 Å². The zero-order chi connectivity index (χ0) is 10.8. The molecular formula is C11H11BrN2O. The summed E-state index contributed by atoms with van der Waals surface area (Å²) in [5.74, 6) is 1.56. The van der Waals surface area contributed by atoms with E-state index >= 15 is 0 Å². The van der Waals surface area contributed by atoms with Crippen LogP contribution in [-0.4, -0.2) is 10.1 Å². The maximum atomic E-state index is 5.15. The van der Waals surface area contributed by atoms with Crippen molar-refractivity contribution in [3.8, 4) is 11.4 Å². The summed E-state index contributed by atoms with van der Waals surface area (Å²) in [4.78, 5) is 4.33. The standard InChI is InChI=1S/C11H11BrN2O/c1-7(2)11-13-10(14-15-11)8-5-3-4-6-9(8)12/h3-7H,1-2H3. The normalized spacial score (nSPS) is 10.9. The maximum Gasteiger partial charge on any atom is 0.229 e. The second-order valence-corrected chi connectivity index (χ2v) is 4.45. The summed E-state index contributed by atoms with van der Waals surface area (Å²) < 4.78 is 6.13. The Bertz CT molecular complexity index is 465. The summed E-state index contributed by atoms with van der Waals surface area (Å²) in [6.07, 6.45) is 0. The summed E-state index contributed by atoms with van der Waals surface area (Å²) >= 11 is 3.46. The molecule has 0 radical (unpaired) electrons. The Hall–Kier alpha value is -1.16. The molecule has 0 aliphatic rings. The molecule has 15 heavy (non-hydrogen) atoms. The van der Waals surface area contributed by atoms with Gasteiger partial charge in [0.15, 0.2) is 0 Å². The molecule has 0 aliphatic carbocycles. The number of hydrogen-bond acceptors (Lipinski definition) is 3. The van der Waals surface area contributed by atoms with Gasteiger partial charge in [-0.3, -0.25) is 0 Å². The molecule has 78 valence electrons. The van der Waals surface area contributed by atoms with Gasteiger partial charge in [-0.25, -0.2) is 0 Å². The Morgan fingerprint density at radius 1 is 1.27 bits per heavy atom. The Labute approximate surface area is 96.6 Å². The van der Waals surface area contributed by atoms with Gasteiger partial charge in [-0.2, -0.15) is 4.98 Å².